The van der Waals surface area contributed by atoms with Gasteiger partial charge in [0.25, 0.3) is 0 Å². The van der Waals surface area contributed by atoms with E-state index >= 15 is 0 Å². The van der Waals surface area contributed by atoms with Gasteiger partial charge in [0.15, 0.2) is 11.0 Å². The number of halogens is 4. The van der Waals surface area contributed by atoms with Gasteiger partial charge in [-0.25, -0.2) is 5.84 Å². The van der Waals surface area contributed by atoms with E-state index in [-0.39, 0.29) is 11.0 Å². The van der Waals surface area contributed by atoms with Crippen molar-refractivity contribution in [1.82, 2.24) is 10.2 Å². The number of hydrogen-bond acceptors (Lipinski definition) is 5. The van der Waals surface area contributed by atoms with Crippen molar-refractivity contribution < 1.29 is 13.2 Å². The highest BCUT2D eigenvalue weighted by molar-refractivity contribution is 6.32. The van der Waals surface area contributed by atoms with Gasteiger partial charge in [-0.15, -0.1) is 10.2 Å². The zero-order valence-electron chi connectivity index (χ0n) is 9.87. The lowest BCUT2D eigenvalue weighted by atomic mass is 10.2. The molecule has 0 aliphatic heterocycles. The fraction of sp³-hybridized carbons (Fsp3) is 0.0909. The van der Waals surface area contributed by atoms with E-state index in [1.54, 1.807) is 0 Å². The second kappa shape index (κ2) is 5.51. The molecular weight excluding hydrogens is 295 g/mol. The van der Waals surface area contributed by atoms with Gasteiger partial charge >= 0.3 is 6.18 Å². The average Bonchev–Trinajstić information content (AvgIpc) is 2.41. The summed E-state index contributed by atoms with van der Waals surface area (Å²) in [7, 11) is 0. The maximum absolute atomic E-state index is 12.4. The molecule has 0 bridgehead atoms. The number of rotatable bonds is 3. The minimum absolute atomic E-state index is 0.0731. The lowest BCUT2D eigenvalue weighted by Crippen LogP contribution is -2.10. The number of nitrogens with one attached hydrogen (secondary N) is 2. The smallest absolute Gasteiger partial charge is 0.353 e. The maximum Gasteiger partial charge on any atom is 0.416 e. The molecular formula is C11H9ClF3N5. The van der Waals surface area contributed by atoms with Crippen molar-refractivity contribution >= 4 is 28.8 Å². The summed E-state index contributed by atoms with van der Waals surface area (Å²) in [6.45, 7) is 0. The van der Waals surface area contributed by atoms with Crippen molar-refractivity contribution in [3.05, 3.63) is 41.0 Å². The zero-order chi connectivity index (χ0) is 14.8. The fourth-order valence-electron chi connectivity index (χ4n) is 1.43. The normalized spacial score (nSPS) is 11.2. The van der Waals surface area contributed by atoms with Crippen LogP contribution in [-0.2, 0) is 6.18 Å². The molecule has 5 nitrogen and oxygen atoms in total. The van der Waals surface area contributed by atoms with Gasteiger partial charge in [-0.05, 0) is 24.3 Å². The van der Waals surface area contributed by atoms with E-state index in [1.165, 1.54) is 18.2 Å². The Morgan fingerprint density at radius 3 is 2.30 bits per heavy atom. The molecule has 0 fully saturated rings. The van der Waals surface area contributed by atoms with Crippen molar-refractivity contribution in [3.63, 3.8) is 0 Å². The third kappa shape index (κ3) is 3.28. The van der Waals surface area contributed by atoms with Crippen molar-refractivity contribution in [1.29, 1.82) is 0 Å². The number of nitrogens with two attached hydrogens (primary N) is 1. The predicted molar refractivity (Wildman–Crippen MR) is 69.6 cm³/mol. The second-order valence-corrected chi connectivity index (χ2v) is 4.14. The lowest BCUT2D eigenvalue weighted by Gasteiger charge is -2.10. The summed E-state index contributed by atoms with van der Waals surface area (Å²) in [6, 6.07) is 5.98. The molecule has 0 saturated carbocycles. The molecule has 0 spiro atoms. The van der Waals surface area contributed by atoms with Crippen LogP contribution in [0.4, 0.5) is 30.4 Å². The van der Waals surface area contributed by atoms with Crippen molar-refractivity contribution in [2.24, 2.45) is 5.84 Å². The third-order valence-electron chi connectivity index (χ3n) is 2.39. The second-order valence-electron chi connectivity index (χ2n) is 3.78. The van der Waals surface area contributed by atoms with Gasteiger partial charge in [-0.2, -0.15) is 13.2 Å². The minimum atomic E-state index is -4.37. The molecule has 0 atom stereocenters. The van der Waals surface area contributed by atoms with Crippen LogP contribution in [0, 0.1) is 0 Å². The number of nitrogens with zero attached hydrogens (tertiary/aromatic N) is 2. The summed E-state index contributed by atoms with van der Waals surface area (Å²) < 4.78 is 37.3. The van der Waals surface area contributed by atoms with Gasteiger partial charge in [0.05, 0.1) is 11.3 Å². The number of hydrazine groups is 1. The van der Waals surface area contributed by atoms with Crippen LogP contribution >= 0.6 is 11.6 Å². The van der Waals surface area contributed by atoms with Gasteiger partial charge in [-0.1, -0.05) is 11.6 Å². The number of benzene rings is 1. The fourth-order valence-corrected chi connectivity index (χ4v) is 1.57. The molecule has 0 saturated heterocycles. The number of hydrogen-bond donors (Lipinski definition) is 3. The molecule has 2 rings (SSSR count). The molecule has 0 radical (unpaired) electrons. The van der Waals surface area contributed by atoms with Crippen LogP contribution in [0.5, 0.6) is 0 Å². The van der Waals surface area contributed by atoms with E-state index in [9.17, 15) is 13.2 Å². The average molecular weight is 304 g/mol. The first-order chi connectivity index (χ1) is 9.40. The first-order valence-corrected chi connectivity index (χ1v) is 5.72. The van der Waals surface area contributed by atoms with Gasteiger partial charge < -0.3 is 10.7 Å². The molecule has 2 aromatic rings. The van der Waals surface area contributed by atoms with E-state index in [4.69, 9.17) is 17.4 Å². The summed E-state index contributed by atoms with van der Waals surface area (Å²) in [6.07, 6.45) is -4.37. The molecule has 1 heterocycles. The van der Waals surface area contributed by atoms with Crippen LogP contribution in [-0.4, -0.2) is 10.2 Å². The molecule has 0 amide bonds. The Morgan fingerprint density at radius 2 is 1.75 bits per heavy atom. The number of alkyl halides is 3. The first kappa shape index (κ1) is 14.4. The summed E-state index contributed by atoms with van der Waals surface area (Å²) in [5.41, 5.74) is 2.35. The van der Waals surface area contributed by atoms with E-state index < -0.39 is 11.7 Å². The Kier molecular flexibility index (Phi) is 3.96. The van der Waals surface area contributed by atoms with E-state index in [1.807, 2.05) is 0 Å². The lowest BCUT2D eigenvalue weighted by molar-refractivity contribution is -0.137. The van der Waals surface area contributed by atoms with Gasteiger partial charge in [-0.3, -0.25) is 0 Å². The predicted octanol–water partition coefficient (Wildman–Crippen LogP) is 3.18. The summed E-state index contributed by atoms with van der Waals surface area (Å²) in [4.78, 5) is 0. The van der Waals surface area contributed by atoms with Crippen LogP contribution in [0.15, 0.2) is 30.3 Å². The highest BCUT2D eigenvalue weighted by Crippen LogP contribution is 2.31. The standard InChI is InChI=1S/C11H9ClF3N5/c12-10-8(5-9(18-16)19-20-10)17-7-3-1-6(2-4-7)11(13,14)15/h1-5H,16H2,(H2,17,18,19). The topological polar surface area (TPSA) is 75.9 Å². The Hall–Kier alpha value is -2.06. The van der Waals surface area contributed by atoms with Gasteiger partial charge in [0, 0.05) is 11.8 Å². The summed E-state index contributed by atoms with van der Waals surface area (Å²) in [5, 5.41) is 10.2. The molecule has 1 aromatic heterocycles. The van der Waals surface area contributed by atoms with Crippen molar-refractivity contribution in [3.8, 4) is 0 Å². The highest BCUT2D eigenvalue weighted by Gasteiger charge is 2.29. The van der Waals surface area contributed by atoms with E-state index in [0.717, 1.165) is 12.1 Å². The largest absolute Gasteiger partial charge is 0.416 e. The first-order valence-electron chi connectivity index (χ1n) is 5.34. The van der Waals surface area contributed by atoms with Crippen LogP contribution in [0.2, 0.25) is 5.15 Å². The SMILES string of the molecule is NNc1cc(Nc2ccc(C(F)(F)F)cc2)c(Cl)nn1. The minimum Gasteiger partial charge on any atom is -0.353 e. The van der Waals surface area contributed by atoms with Gasteiger partial charge in [0.2, 0.25) is 0 Å². The Morgan fingerprint density at radius 1 is 1.10 bits per heavy atom. The quantitative estimate of drug-likeness (QED) is 0.600. The van der Waals surface area contributed by atoms with Crippen LogP contribution in [0.3, 0.4) is 0 Å². The number of anilines is 3. The molecule has 9 heteroatoms. The highest BCUT2D eigenvalue weighted by atomic mass is 35.5. The van der Waals surface area contributed by atoms with Crippen LogP contribution in [0.1, 0.15) is 5.56 Å². The van der Waals surface area contributed by atoms with Crippen LogP contribution in [0.25, 0.3) is 0 Å². The molecule has 20 heavy (non-hydrogen) atoms. The zero-order valence-corrected chi connectivity index (χ0v) is 10.6. The van der Waals surface area contributed by atoms with Gasteiger partial charge in [0.1, 0.15) is 0 Å². The molecule has 0 unspecified atom stereocenters. The van der Waals surface area contributed by atoms with Crippen molar-refractivity contribution in [2.45, 2.75) is 6.18 Å². The molecule has 0 aliphatic rings. The van der Waals surface area contributed by atoms with E-state index in [0.29, 0.717) is 11.4 Å². The van der Waals surface area contributed by atoms with E-state index in [2.05, 4.69) is 20.9 Å². The number of nitrogen functional groups attached to an aromatic ring is 1. The summed E-state index contributed by atoms with van der Waals surface area (Å²) >= 11 is 5.82. The number of aromatic nitrogens is 2. The van der Waals surface area contributed by atoms with Crippen LogP contribution < -0.4 is 16.6 Å². The molecule has 1 aromatic carbocycles. The Bertz CT molecular complexity index is 600. The Balaban J connectivity index is 2.22. The molecule has 0 aliphatic carbocycles. The molecule has 4 N–H and O–H groups in total. The Labute approximate surface area is 116 Å². The monoisotopic (exact) mass is 303 g/mol. The molecule has 106 valence electrons. The van der Waals surface area contributed by atoms with Crippen molar-refractivity contribution in [2.75, 3.05) is 10.7 Å². The third-order valence-corrected chi connectivity index (χ3v) is 2.67. The maximum atomic E-state index is 12.4. The summed E-state index contributed by atoms with van der Waals surface area (Å²) in [5.74, 6) is 5.45.